The van der Waals surface area contributed by atoms with Crippen molar-refractivity contribution in [2.75, 3.05) is 6.54 Å². The fraction of sp³-hybridized carbons (Fsp3) is 0.500. The number of para-hydroxylation sites is 1. The van der Waals surface area contributed by atoms with E-state index in [4.69, 9.17) is 9.84 Å². The van der Waals surface area contributed by atoms with Crippen molar-refractivity contribution in [3.63, 3.8) is 0 Å². The van der Waals surface area contributed by atoms with E-state index in [1.165, 1.54) is 5.56 Å². The molecule has 4 nitrogen and oxygen atoms in total. The smallest absolute Gasteiger partial charge is 0.303 e. The summed E-state index contributed by atoms with van der Waals surface area (Å²) in [6, 6.07) is 8.28. The number of fused-ring (bicyclic) bond motifs is 1. The summed E-state index contributed by atoms with van der Waals surface area (Å²) in [5.74, 6) is 0.232. The van der Waals surface area contributed by atoms with Crippen LogP contribution < -0.4 is 10.1 Å². The molecule has 2 atom stereocenters. The molecule has 0 radical (unpaired) electrons. The van der Waals surface area contributed by atoms with E-state index in [0.29, 0.717) is 6.42 Å². The zero-order chi connectivity index (χ0) is 13.0. The van der Waals surface area contributed by atoms with Gasteiger partial charge in [0, 0.05) is 25.4 Å². The Labute approximate surface area is 107 Å². The standard InChI is InChI=1S/C14H19NO3/c1-10(6-7-14(16)17)15-9-12-8-11-4-2-3-5-13(11)18-12/h2-5,10,12,15H,6-9H2,1H3,(H,16,17). The van der Waals surface area contributed by atoms with Crippen LogP contribution in [0.5, 0.6) is 5.75 Å². The SMILES string of the molecule is CC(CCC(=O)O)NCC1Cc2ccccc2O1. The van der Waals surface area contributed by atoms with Crippen LogP contribution in [0, 0.1) is 0 Å². The van der Waals surface area contributed by atoms with E-state index in [0.717, 1.165) is 18.7 Å². The molecule has 1 aliphatic heterocycles. The molecule has 0 spiro atoms. The van der Waals surface area contributed by atoms with Gasteiger partial charge in [0.2, 0.25) is 0 Å². The maximum atomic E-state index is 10.5. The van der Waals surface area contributed by atoms with Crippen molar-refractivity contribution in [2.45, 2.75) is 38.3 Å². The number of carbonyl (C=O) groups is 1. The number of hydrogen-bond donors (Lipinski definition) is 2. The molecule has 2 unspecified atom stereocenters. The summed E-state index contributed by atoms with van der Waals surface area (Å²) in [4.78, 5) is 10.5. The first-order valence-electron chi connectivity index (χ1n) is 6.35. The third-order valence-corrected chi connectivity index (χ3v) is 3.20. The second-order valence-corrected chi connectivity index (χ2v) is 4.79. The first-order valence-corrected chi connectivity index (χ1v) is 6.35. The molecule has 2 N–H and O–H groups in total. The van der Waals surface area contributed by atoms with Crippen molar-refractivity contribution in [1.82, 2.24) is 5.32 Å². The van der Waals surface area contributed by atoms with Gasteiger partial charge in [0.1, 0.15) is 11.9 Å². The molecule has 18 heavy (non-hydrogen) atoms. The number of carboxylic acid groups (broad SMARTS) is 1. The molecular weight excluding hydrogens is 230 g/mol. The Morgan fingerprint density at radius 1 is 1.56 bits per heavy atom. The molecule has 0 bridgehead atoms. The Kier molecular flexibility index (Phi) is 4.20. The highest BCUT2D eigenvalue weighted by atomic mass is 16.5. The molecule has 0 saturated heterocycles. The summed E-state index contributed by atoms with van der Waals surface area (Å²) < 4.78 is 5.80. The Morgan fingerprint density at radius 3 is 3.06 bits per heavy atom. The van der Waals surface area contributed by atoms with E-state index < -0.39 is 5.97 Å². The first kappa shape index (κ1) is 12.9. The average Bonchev–Trinajstić information content (AvgIpc) is 2.76. The lowest BCUT2D eigenvalue weighted by atomic mass is 10.1. The van der Waals surface area contributed by atoms with Crippen molar-refractivity contribution in [1.29, 1.82) is 0 Å². The maximum Gasteiger partial charge on any atom is 0.303 e. The largest absolute Gasteiger partial charge is 0.488 e. The lowest BCUT2D eigenvalue weighted by Crippen LogP contribution is -2.36. The molecule has 4 heteroatoms. The zero-order valence-electron chi connectivity index (χ0n) is 10.6. The van der Waals surface area contributed by atoms with E-state index in [1.807, 2.05) is 25.1 Å². The highest BCUT2D eigenvalue weighted by molar-refractivity contribution is 5.66. The lowest BCUT2D eigenvalue weighted by molar-refractivity contribution is -0.137. The third-order valence-electron chi connectivity index (χ3n) is 3.20. The second-order valence-electron chi connectivity index (χ2n) is 4.79. The Hall–Kier alpha value is -1.55. The van der Waals surface area contributed by atoms with Crippen LogP contribution in [0.25, 0.3) is 0 Å². The predicted molar refractivity (Wildman–Crippen MR) is 68.9 cm³/mol. The maximum absolute atomic E-state index is 10.5. The van der Waals surface area contributed by atoms with Crippen LogP contribution in [0.3, 0.4) is 0 Å². The van der Waals surface area contributed by atoms with Gasteiger partial charge in [-0.2, -0.15) is 0 Å². The number of nitrogens with one attached hydrogen (secondary N) is 1. The topological polar surface area (TPSA) is 58.6 Å². The molecule has 1 aromatic carbocycles. The van der Waals surface area contributed by atoms with Gasteiger partial charge >= 0.3 is 5.97 Å². The summed E-state index contributed by atoms with van der Waals surface area (Å²) in [6.45, 7) is 2.76. The van der Waals surface area contributed by atoms with Gasteiger partial charge in [-0.1, -0.05) is 18.2 Å². The molecule has 0 aliphatic carbocycles. The minimum absolute atomic E-state index is 0.162. The van der Waals surface area contributed by atoms with Crippen molar-refractivity contribution in [3.05, 3.63) is 29.8 Å². The molecule has 0 fully saturated rings. The third kappa shape index (κ3) is 3.47. The number of rotatable bonds is 6. The van der Waals surface area contributed by atoms with Gasteiger partial charge in [-0.3, -0.25) is 4.79 Å². The van der Waals surface area contributed by atoms with Crippen molar-refractivity contribution < 1.29 is 14.6 Å². The van der Waals surface area contributed by atoms with E-state index >= 15 is 0 Å². The molecule has 1 aliphatic rings. The quantitative estimate of drug-likeness (QED) is 0.807. The highest BCUT2D eigenvalue weighted by Crippen LogP contribution is 2.27. The number of benzene rings is 1. The van der Waals surface area contributed by atoms with Crippen LogP contribution >= 0.6 is 0 Å². The normalized spacial score (nSPS) is 19.1. The van der Waals surface area contributed by atoms with Crippen LogP contribution in [0.15, 0.2) is 24.3 Å². The van der Waals surface area contributed by atoms with Crippen LogP contribution in [-0.4, -0.2) is 29.8 Å². The van der Waals surface area contributed by atoms with Gasteiger partial charge in [0.25, 0.3) is 0 Å². The Morgan fingerprint density at radius 2 is 2.33 bits per heavy atom. The van der Waals surface area contributed by atoms with Gasteiger partial charge in [-0.05, 0) is 25.0 Å². The van der Waals surface area contributed by atoms with Gasteiger partial charge in [0.15, 0.2) is 0 Å². The van der Waals surface area contributed by atoms with Gasteiger partial charge in [-0.25, -0.2) is 0 Å². The van der Waals surface area contributed by atoms with Crippen molar-refractivity contribution >= 4 is 5.97 Å². The number of hydrogen-bond acceptors (Lipinski definition) is 3. The summed E-state index contributed by atoms with van der Waals surface area (Å²) in [6.07, 6.45) is 1.94. The molecule has 1 aromatic rings. The van der Waals surface area contributed by atoms with Gasteiger partial charge in [-0.15, -0.1) is 0 Å². The monoisotopic (exact) mass is 249 g/mol. The van der Waals surface area contributed by atoms with E-state index in [2.05, 4.69) is 11.4 Å². The summed E-state index contributed by atoms with van der Waals surface area (Å²) >= 11 is 0. The van der Waals surface area contributed by atoms with Crippen LogP contribution in [0.2, 0.25) is 0 Å². The predicted octanol–water partition coefficient (Wildman–Crippen LogP) is 1.83. The molecule has 0 amide bonds. The van der Waals surface area contributed by atoms with Crippen LogP contribution in [0.4, 0.5) is 0 Å². The first-order chi connectivity index (χ1) is 8.65. The fourth-order valence-corrected chi connectivity index (χ4v) is 2.14. The summed E-state index contributed by atoms with van der Waals surface area (Å²) in [5.41, 5.74) is 1.25. The Balaban J connectivity index is 1.72. The van der Waals surface area contributed by atoms with Crippen LogP contribution in [0.1, 0.15) is 25.3 Å². The second kappa shape index (κ2) is 5.87. The number of aliphatic carboxylic acids is 1. The Bertz CT molecular complexity index is 394. The van der Waals surface area contributed by atoms with Crippen LogP contribution in [-0.2, 0) is 11.2 Å². The summed E-state index contributed by atoms with van der Waals surface area (Å²) in [5, 5.41) is 11.9. The van der Waals surface area contributed by atoms with Gasteiger partial charge < -0.3 is 15.2 Å². The molecule has 0 saturated carbocycles. The van der Waals surface area contributed by atoms with Gasteiger partial charge in [0.05, 0.1) is 0 Å². The number of carboxylic acids is 1. The minimum atomic E-state index is -0.742. The number of ether oxygens (including phenoxy) is 1. The molecular formula is C14H19NO3. The zero-order valence-corrected chi connectivity index (χ0v) is 10.6. The minimum Gasteiger partial charge on any atom is -0.488 e. The van der Waals surface area contributed by atoms with E-state index in [1.54, 1.807) is 0 Å². The van der Waals surface area contributed by atoms with Crippen molar-refractivity contribution in [3.8, 4) is 5.75 Å². The molecule has 2 rings (SSSR count). The molecule has 1 heterocycles. The molecule has 98 valence electrons. The average molecular weight is 249 g/mol. The molecule has 0 aromatic heterocycles. The van der Waals surface area contributed by atoms with E-state index in [-0.39, 0.29) is 18.6 Å². The van der Waals surface area contributed by atoms with Crippen molar-refractivity contribution in [2.24, 2.45) is 0 Å². The summed E-state index contributed by atoms with van der Waals surface area (Å²) in [7, 11) is 0. The highest BCUT2D eigenvalue weighted by Gasteiger charge is 2.22. The van der Waals surface area contributed by atoms with E-state index in [9.17, 15) is 4.79 Å². The lowest BCUT2D eigenvalue weighted by Gasteiger charge is -2.16. The fourth-order valence-electron chi connectivity index (χ4n) is 2.14.